The Kier molecular flexibility index (Phi) is 5.64. The monoisotopic (exact) mass is 297 g/mol. The van der Waals surface area contributed by atoms with Gasteiger partial charge in [0.2, 0.25) is 0 Å². The zero-order valence-corrected chi connectivity index (χ0v) is 12.3. The van der Waals surface area contributed by atoms with E-state index in [1.807, 2.05) is 29.2 Å². The van der Waals surface area contributed by atoms with Crippen LogP contribution < -0.4 is 5.73 Å². The van der Waals surface area contributed by atoms with Gasteiger partial charge in [-0.05, 0) is 17.7 Å². The number of morpholine rings is 1. The largest absolute Gasteiger partial charge is 0.378 e. The maximum absolute atomic E-state index is 6.00. The van der Waals surface area contributed by atoms with E-state index < -0.39 is 0 Å². The fourth-order valence-corrected chi connectivity index (χ4v) is 2.29. The third kappa shape index (κ3) is 4.10. The summed E-state index contributed by atoms with van der Waals surface area (Å²) in [6.07, 6.45) is -0.145. The van der Waals surface area contributed by atoms with E-state index in [-0.39, 0.29) is 6.10 Å². The first-order chi connectivity index (χ1) is 9.70. The zero-order chi connectivity index (χ0) is 14.4. The lowest BCUT2D eigenvalue weighted by atomic mass is 10.1. The molecule has 110 valence electrons. The van der Waals surface area contributed by atoms with E-state index >= 15 is 0 Å². The van der Waals surface area contributed by atoms with Gasteiger partial charge in [-0.2, -0.15) is 0 Å². The van der Waals surface area contributed by atoms with Gasteiger partial charge in [-0.15, -0.1) is 0 Å². The number of ether oxygens (including phenoxy) is 2. The summed E-state index contributed by atoms with van der Waals surface area (Å²) in [5, 5.41) is 0.690. The summed E-state index contributed by atoms with van der Waals surface area (Å²) < 4.78 is 10.8. The molecule has 1 unspecified atom stereocenters. The van der Waals surface area contributed by atoms with E-state index in [1.165, 1.54) is 0 Å². The van der Waals surface area contributed by atoms with Crippen LogP contribution in [0.15, 0.2) is 29.3 Å². The molecule has 0 aliphatic carbocycles. The fraction of sp³-hybridized carbons (Fsp3) is 0.500. The molecule has 2 rings (SSSR count). The second-order valence-corrected chi connectivity index (χ2v) is 5.01. The van der Waals surface area contributed by atoms with Crippen LogP contribution in [-0.4, -0.2) is 50.8 Å². The average molecular weight is 298 g/mol. The molecule has 6 heteroatoms. The molecule has 0 spiro atoms. The number of methoxy groups -OCH3 is 1. The molecule has 1 aliphatic rings. The van der Waals surface area contributed by atoms with Gasteiger partial charge in [0.05, 0.1) is 19.8 Å². The van der Waals surface area contributed by atoms with Crippen molar-refractivity contribution in [3.63, 3.8) is 0 Å². The first-order valence-corrected chi connectivity index (χ1v) is 6.99. The highest BCUT2D eigenvalue weighted by molar-refractivity contribution is 6.30. The summed E-state index contributed by atoms with van der Waals surface area (Å²) in [5.74, 6) is 0.539. The van der Waals surface area contributed by atoms with Gasteiger partial charge >= 0.3 is 0 Å². The van der Waals surface area contributed by atoms with E-state index in [2.05, 4.69) is 4.99 Å². The summed E-state index contributed by atoms with van der Waals surface area (Å²) in [6.45, 7) is 3.42. The SMILES string of the molecule is COC(CN=C(N)N1CCOCC1)c1cccc(Cl)c1. The molecule has 1 aromatic rings. The van der Waals surface area contributed by atoms with Crippen LogP contribution in [0.3, 0.4) is 0 Å². The highest BCUT2D eigenvalue weighted by Crippen LogP contribution is 2.20. The van der Waals surface area contributed by atoms with Gasteiger partial charge in [0.25, 0.3) is 0 Å². The third-order valence-electron chi connectivity index (χ3n) is 3.26. The minimum absolute atomic E-state index is 0.145. The predicted molar refractivity (Wildman–Crippen MR) is 80.1 cm³/mol. The lowest BCUT2D eigenvalue weighted by Gasteiger charge is -2.27. The molecule has 1 atom stereocenters. The number of rotatable bonds is 4. The summed E-state index contributed by atoms with van der Waals surface area (Å²) in [7, 11) is 1.66. The predicted octanol–water partition coefficient (Wildman–Crippen LogP) is 1.67. The summed E-state index contributed by atoms with van der Waals surface area (Å²) in [5.41, 5.74) is 7.00. The molecule has 0 aromatic heterocycles. The maximum atomic E-state index is 6.00. The topological polar surface area (TPSA) is 60.1 Å². The number of aliphatic imine (C=N–C) groups is 1. The molecule has 0 radical (unpaired) electrons. The van der Waals surface area contributed by atoms with E-state index in [1.54, 1.807) is 7.11 Å². The lowest BCUT2D eigenvalue weighted by molar-refractivity contribution is 0.0669. The molecule has 1 aromatic carbocycles. The molecule has 0 saturated carbocycles. The summed E-state index contributed by atoms with van der Waals surface area (Å²) in [4.78, 5) is 6.44. The van der Waals surface area contributed by atoms with Crippen molar-refractivity contribution >= 4 is 17.6 Å². The van der Waals surface area contributed by atoms with Crippen LogP contribution in [0.5, 0.6) is 0 Å². The Morgan fingerprint density at radius 3 is 2.90 bits per heavy atom. The first-order valence-electron chi connectivity index (χ1n) is 6.61. The molecule has 1 saturated heterocycles. The van der Waals surface area contributed by atoms with E-state index in [9.17, 15) is 0 Å². The van der Waals surface area contributed by atoms with Crippen LogP contribution >= 0.6 is 11.6 Å². The molecule has 1 heterocycles. The molecule has 2 N–H and O–H groups in total. The number of guanidine groups is 1. The van der Waals surface area contributed by atoms with Crippen LogP contribution in [0.4, 0.5) is 0 Å². The maximum Gasteiger partial charge on any atom is 0.191 e. The van der Waals surface area contributed by atoms with Gasteiger partial charge in [-0.3, -0.25) is 4.99 Å². The van der Waals surface area contributed by atoms with Crippen molar-refractivity contribution in [1.82, 2.24) is 4.90 Å². The minimum atomic E-state index is -0.145. The van der Waals surface area contributed by atoms with E-state index in [0.29, 0.717) is 30.7 Å². The van der Waals surface area contributed by atoms with Crippen molar-refractivity contribution in [2.45, 2.75) is 6.10 Å². The standard InChI is InChI=1S/C14H20ClN3O2/c1-19-13(11-3-2-4-12(15)9-11)10-17-14(16)18-5-7-20-8-6-18/h2-4,9,13H,5-8,10H2,1H3,(H2,16,17). The second kappa shape index (κ2) is 7.47. The molecule has 1 fully saturated rings. The Balaban J connectivity index is 1.99. The number of nitrogens with two attached hydrogens (primary N) is 1. The smallest absolute Gasteiger partial charge is 0.191 e. The van der Waals surface area contributed by atoms with E-state index in [0.717, 1.165) is 18.7 Å². The Morgan fingerprint density at radius 1 is 1.50 bits per heavy atom. The van der Waals surface area contributed by atoms with Crippen LogP contribution in [0.2, 0.25) is 5.02 Å². The normalized spacial score (nSPS) is 18.1. The quantitative estimate of drug-likeness (QED) is 0.678. The van der Waals surface area contributed by atoms with Crippen molar-refractivity contribution in [3.8, 4) is 0 Å². The van der Waals surface area contributed by atoms with Crippen LogP contribution in [0.25, 0.3) is 0 Å². The van der Waals surface area contributed by atoms with Crippen molar-refractivity contribution < 1.29 is 9.47 Å². The first kappa shape index (κ1) is 15.1. The van der Waals surface area contributed by atoms with Gasteiger partial charge < -0.3 is 20.1 Å². The molecule has 5 nitrogen and oxygen atoms in total. The highest BCUT2D eigenvalue weighted by Gasteiger charge is 2.14. The molecule has 1 aliphatic heterocycles. The Bertz CT molecular complexity index is 461. The van der Waals surface area contributed by atoms with Crippen LogP contribution in [0.1, 0.15) is 11.7 Å². The molecular formula is C14H20ClN3O2. The van der Waals surface area contributed by atoms with Gasteiger partial charge in [-0.25, -0.2) is 0 Å². The molecule has 0 amide bonds. The van der Waals surface area contributed by atoms with Crippen molar-refractivity contribution in [1.29, 1.82) is 0 Å². The van der Waals surface area contributed by atoms with Crippen LogP contribution in [0, 0.1) is 0 Å². The average Bonchev–Trinajstić information content (AvgIpc) is 2.48. The van der Waals surface area contributed by atoms with Crippen molar-refractivity contribution in [2.24, 2.45) is 10.7 Å². The fourth-order valence-electron chi connectivity index (χ4n) is 2.09. The summed E-state index contributed by atoms with van der Waals surface area (Å²) in [6, 6.07) is 7.60. The zero-order valence-electron chi connectivity index (χ0n) is 11.6. The number of hydrogen-bond donors (Lipinski definition) is 1. The van der Waals surface area contributed by atoms with Gasteiger partial charge in [0.1, 0.15) is 6.10 Å². The van der Waals surface area contributed by atoms with Crippen LogP contribution in [-0.2, 0) is 9.47 Å². The second-order valence-electron chi connectivity index (χ2n) is 4.58. The highest BCUT2D eigenvalue weighted by atomic mass is 35.5. The number of nitrogens with zero attached hydrogens (tertiary/aromatic N) is 2. The lowest BCUT2D eigenvalue weighted by Crippen LogP contribution is -2.45. The van der Waals surface area contributed by atoms with Gasteiger partial charge in [0, 0.05) is 25.2 Å². The van der Waals surface area contributed by atoms with Gasteiger partial charge in [-0.1, -0.05) is 23.7 Å². The Hall–Kier alpha value is -1.30. The Labute approximate surface area is 124 Å². The molecule has 20 heavy (non-hydrogen) atoms. The summed E-state index contributed by atoms with van der Waals surface area (Å²) >= 11 is 5.99. The van der Waals surface area contributed by atoms with Crippen molar-refractivity contribution in [2.75, 3.05) is 40.0 Å². The Morgan fingerprint density at radius 2 is 2.25 bits per heavy atom. The number of benzene rings is 1. The molecule has 0 bridgehead atoms. The molecular weight excluding hydrogens is 278 g/mol. The number of halogens is 1. The van der Waals surface area contributed by atoms with E-state index in [4.69, 9.17) is 26.8 Å². The van der Waals surface area contributed by atoms with Gasteiger partial charge in [0.15, 0.2) is 5.96 Å². The number of hydrogen-bond acceptors (Lipinski definition) is 3. The minimum Gasteiger partial charge on any atom is -0.378 e. The van der Waals surface area contributed by atoms with Crippen molar-refractivity contribution in [3.05, 3.63) is 34.9 Å². The third-order valence-corrected chi connectivity index (χ3v) is 3.49.